The largest absolute Gasteiger partial charge is 0.297 e. The van der Waals surface area contributed by atoms with Crippen LogP contribution in [0.2, 0.25) is 0 Å². The minimum atomic E-state index is 0.167. The Bertz CT molecular complexity index is 345. The summed E-state index contributed by atoms with van der Waals surface area (Å²) in [6.45, 7) is 6.42. The van der Waals surface area contributed by atoms with E-state index in [0.29, 0.717) is 6.04 Å². The first-order valence-electron chi connectivity index (χ1n) is 6.02. The summed E-state index contributed by atoms with van der Waals surface area (Å²) < 4.78 is 0. The molecule has 0 saturated heterocycles. The first-order valence-corrected chi connectivity index (χ1v) is 6.02. The van der Waals surface area contributed by atoms with Gasteiger partial charge in [0.15, 0.2) is 0 Å². The van der Waals surface area contributed by atoms with Crippen molar-refractivity contribution in [3.8, 4) is 12.3 Å². The van der Waals surface area contributed by atoms with E-state index in [2.05, 4.69) is 56.3 Å². The number of terminal acetylenes is 1. The zero-order valence-corrected chi connectivity index (χ0v) is 10.5. The molecule has 1 nitrogen and oxygen atoms in total. The average Bonchev–Trinajstić information content (AvgIpc) is 2.35. The van der Waals surface area contributed by atoms with Gasteiger partial charge in [-0.25, -0.2) is 0 Å². The van der Waals surface area contributed by atoms with Gasteiger partial charge in [-0.15, -0.1) is 6.42 Å². The van der Waals surface area contributed by atoms with E-state index < -0.39 is 0 Å². The van der Waals surface area contributed by atoms with Crippen LogP contribution in [0.1, 0.15) is 44.4 Å². The van der Waals surface area contributed by atoms with Crippen LogP contribution in [0.3, 0.4) is 0 Å². The summed E-state index contributed by atoms with van der Waals surface area (Å²) in [7, 11) is 0. The van der Waals surface area contributed by atoms with Crippen LogP contribution in [0.5, 0.6) is 0 Å². The third-order valence-corrected chi connectivity index (χ3v) is 2.95. The lowest BCUT2D eigenvalue weighted by atomic mass is 10.0. The van der Waals surface area contributed by atoms with E-state index in [9.17, 15) is 0 Å². The van der Waals surface area contributed by atoms with Gasteiger partial charge in [0.05, 0.1) is 6.04 Å². The van der Waals surface area contributed by atoms with E-state index in [1.54, 1.807) is 0 Å². The fourth-order valence-electron chi connectivity index (χ4n) is 1.72. The van der Waals surface area contributed by atoms with Crippen LogP contribution in [-0.2, 0) is 6.42 Å². The molecule has 0 spiro atoms. The van der Waals surface area contributed by atoms with E-state index in [1.165, 1.54) is 11.1 Å². The zero-order valence-electron chi connectivity index (χ0n) is 10.5. The molecule has 0 fully saturated rings. The van der Waals surface area contributed by atoms with Crippen molar-refractivity contribution < 1.29 is 0 Å². The molecule has 86 valence electrons. The van der Waals surface area contributed by atoms with Crippen molar-refractivity contribution in [1.29, 1.82) is 0 Å². The van der Waals surface area contributed by atoms with Crippen LogP contribution in [-0.4, -0.2) is 6.04 Å². The molecule has 0 saturated carbocycles. The number of rotatable bonds is 5. The SMILES string of the molecule is C#CC(CC)NC(C)c1ccc(CC)cc1. The first-order chi connectivity index (χ1) is 7.71. The second-order valence-corrected chi connectivity index (χ2v) is 4.11. The van der Waals surface area contributed by atoms with Gasteiger partial charge >= 0.3 is 0 Å². The fraction of sp³-hybridized carbons (Fsp3) is 0.467. The molecule has 1 heteroatoms. The Kier molecular flexibility index (Phi) is 5.08. The van der Waals surface area contributed by atoms with Crippen molar-refractivity contribution in [2.24, 2.45) is 0 Å². The predicted molar refractivity (Wildman–Crippen MR) is 70.3 cm³/mol. The standard InChI is InChI=1S/C15H21N/c1-5-13-8-10-14(11-9-13)12(4)16-15(6-2)7-3/h2,8-12,15-16H,5,7H2,1,3-4H3. The molecule has 1 rings (SSSR count). The summed E-state index contributed by atoms with van der Waals surface area (Å²) in [5.74, 6) is 2.76. The number of benzene rings is 1. The van der Waals surface area contributed by atoms with Gasteiger partial charge < -0.3 is 0 Å². The van der Waals surface area contributed by atoms with E-state index in [0.717, 1.165) is 12.8 Å². The lowest BCUT2D eigenvalue weighted by Gasteiger charge is -2.18. The normalized spacial score (nSPS) is 14.1. The third kappa shape index (κ3) is 3.40. The maximum atomic E-state index is 5.44. The molecule has 2 unspecified atom stereocenters. The van der Waals surface area contributed by atoms with Crippen LogP contribution >= 0.6 is 0 Å². The number of hydrogen-bond donors (Lipinski definition) is 1. The molecule has 0 aliphatic heterocycles. The Morgan fingerprint density at radius 3 is 2.31 bits per heavy atom. The van der Waals surface area contributed by atoms with Gasteiger partial charge in [-0.2, -0.15) is 0 Å². The van der Waals surface area contributed by atoms with Crippen LogP contribution in [0.25, 0.3) is 0 Å². The van der Waals surface area contributed by atoms with Crippen molar-refractivity contribution in [3.05, 3.63) is 35.4 Å². The Labute approximate surface area is 99.3 Å². The minimum absolute atomic E-state index is 0.167. The van der Waals surface area contributed by atoms with Gasteiger partial charge in [0.2, 0.25) is 0 Å². The Hall–Kier alpha value is -1.26. The first kappa shape index (κ1) is 12.8. The minimum Gasteiger partial charge on any atom is -0.297 e. The van der Waals surface area contributed by atoms with E-state index in [4.69, 9.17) is 6.42 Å². The smallest absolute Gasteiger partial charge is 0.0688 e. The van der Waals surface area contributed by atoms with Crippen molar-refractivity contribution in [1.82, 2.24) is 5.32 Å². The summed E-state index contributed by atoms with van der Waals surface area (Å²) in [5, 5.41) is 3.43. The molecule has 1 aromatic rings. The van der Waals surface area contributed by atoms with Crippen molar-refractivity contribution in [2.75, 3.05) is 0 Å². The second kappa shape index (κ2) is 6.35. The average molecular weight is 215 g/mol. The molecule has 0 heterocycles. The molecule has 0 aliphatic rings. The molecule has 0 aliphatic carbocycles. The highest BCUT2D eigenvalue weighted by Gasteiger charge is 2.09. The lowest BCUT2D eigenvalue weighted by Crippen LogP contribution is -2.29. The fourth-order valence-corrected chi connectivity index (χ4v) is 1.72. The van der Waals surface area contributed by atoms with Gasteiger partial charge in [0.25, 0.3) is 0 Å². The highest BCUT2D eigenvalue weighted by atomic mass is 14.9. The predicted octanol–water partition coefficient (Wildman–Crippen LogP) is 3.31. The summed E-state index contributed by atoms with van der Waals surface area (Å²) in [5.41, 5.74) is 2.67. The van der Waals surface area contributed by atoms with Crippen molar-refractivity contribution in [3.63, 3.8) is 0 Å². The monoisotopic (exact) mass is 215 g/mol. The van der Waals surface area contributed by atoms with Crippen LogP contribution < -0.4 is 5.32 Å². The van der Waals surface area contributed by atoms with E-state index >= 15 is 0 Å². The molecule has 16 heavy (non-hydrogen) atoms. The van der Waals surface area contributed by atoms with Gasteiger partial charge in [0, 0.05) is 6.04 Å². The molecule has 0 radical (unpaired) electrons. The quantitative estimate of drug-likeness (QED) is 0.743. The number of hydrogen-bond acceptors (Lipinski definition) is 1. The molecular weight excluding hydrogens is 194 g/mol. The summed E-state index contributed by atoms with van der Waals surface area (Å²) >= 11 is 0. The second-order valence-electron chi connectivity index (χ2n) is 4.11. The molecule has 0 bridgehead atoms. The Morgan fingerprint density at radius 1 is 1.25 bits per heavy atom. The van der Waals surface area contributed by atoms with Crippen LogP contribution in [0.15, 0.2) is 24.3 Å². The molecule has 0 amide bonds. The number of nitrogens with one attached hydrogen (secondary N) is 1. The Balaban J connectivity index is 2.65. The van der Waals surface area contributed by atoms with Gasteiger partial charge in [-0.1, -0.05) is 44.0 Å². The highest BCUT2D eigenvalue weighted by molar-refractivity contribution is 5.25. The van der Waals surface area contributed by atoms with E-state index in [-0.39, 0.29) is 6.04 Å². The highest BCUT2D eigenvalue weighted by Crippen LogP contribution is 2.14. The maximum absolute atomic E-state index is 5.44. The van der Waals surface area contributed by atoms with Crippen LogP contribution in [0, 0.1) is 12.3 Å². The van der Waals surface area contributed by atoms with Gasteiger partial charge in [-0.3, -0.25) is 5.32 Å². The number of aryl methyl sites for hydroxylation is 1. The van der Waals surface area contributed by atoms with Gasteiger partial charge in [0.1, 0.15) is 0 Å². The molecule has 1 N–H and O–H groups in total. The lowest BCUT2D eigenvalue weighted by molar-refractivity contribution is 0.512. The molecule has 1 aromatic carbocycles. The third-order valence-electron chi connectivity index (χ3n) is 2.95. The van der Waals surface area contributed by atoms with Crippen LogP contribution in [0.4, 0.5) is 0 Å². The Morgan fingerprint density at radius 2 is 1.88 bits per heavy atom. The van der Waals surface area contributed by atoms with Crippen molar-refractivity contribution in [2.45, 2.75) is 45.7 Å². The van der Waals surface area contributed by atoms with E-state index in [1.807, 2.05) is 0 Å². The van der Waals surface area contributed by atoms with Gasteiger partial charge in [-0.05, 0) is 30.9 Å². The molecule has 2 atom stereocenters. The molecule has 0 aromatic heterocycles. The molecular formula is C15H21N. The zero-order chi connectivity index (χ0) is 12.0. The maximum Gasteiger partial charge on any atom is 0.0688 e. The summed E-state index contributed by atoms with van der Waals surface area (Å²) in [4.78, 5) is 0. The summed E-state index contributed by atoms with van der Waals surface area (Å²) in [6.07, 6.45) is 7.50. The van der Waals surface area contributed by atoms with Crippen molar-refractivity contribution >= 4 is 0 Å². The topological polar surface area (TPSA) is 12.0 Å². The summed E-state index contributed by atoms with van der Waals surface area (Å²) in [6, 6.07) is 9.21.